The second kappa shape index (κ2) is 6.46. The third-order valence-corrected chi connectivity index (χ3v) is 3.90. The van der Waals surface area contributed by atoms with Gasteiger partial charge in [-0.2, -0.15) is 0 Å². The molecule has 1 fully saturated rings. The molecular weight excluding hydrogens is 287 g/mol. The first-order valence-corrected chi connectivity index (χ1v) is 6.96. The summed E-state index contributed by atoms with van der Waals surface area (Å²) < 4.78 is 5.52. The fraction of sp³-hybridized carbons (Fsp3) is 0.462. The summed E-state index contributed by atoms with van der Waals surface area (Å²) >= 11 is 11.9. The lowest BCUT2D eigenvalue weighted by molar-refractivity contribution is 0.0868. The summed E-state index contributed by atoms with van der Waals surface area (Å²) in [5, 5.41) is 6.27. The van der Waals surface area contributed by atoms with Gasteiger partial charge in [0.25, 0.3) is 0 Å². The number of benzene rings is 1. The predicted octanol–water partition coefficient (Wildman–Crippen LogP) is 3.68. The highest BCUT2D eigenvalue weighted by atomic mass is 35.5. The average Bonchev–Trinajstić information content (AvgIpc) is 2.88. The number of urea groups is 1. The molecule has 4 nitrogen and oxygen atoms in total. The molecule has 0 aromatic heterocycles. The first-order valence-electron chi connectivity index (χ1n) is 6.21. The molecule has 6 heteroatoms. The number of hydrogen-bond donors (Lipinski definition) is 2. The predicted molar refractivity (Wildman–Crippen MR) is 77.1 cm³/mol. The van der Waals surface area contributed by atoms with Crippen LogP contribution in [0.4, 0.5) is 10.5 Å². The van der Waals surface area contributed by atoms with Crippen LogP contribution in [-0.4, -0.2) is 24.8 Å². The number of carbonyl (C=O) groups excluding carboxylic acids is 1. The van der Waals surface area contributed by atoms with Crippen LogP contribution in [-0.2, 0) is 4.74 Å². The Bertz CT molecular complexity index is 462. The minimum Gasteiger partial charge on any atom is -0.376 e. The lowest BCUT2D eigenvalue weighted by atomic mass is 10.1. The molecule has 2 rings (SSSR count). The Morgan fingerprint density at radius 1 is 1.47 bits per heavy atom. The van der Waals surface area contributed by atoms with Gasteiger partial charge in [-0.1, -0.05) is 29.3 Å². The highest BCUT2D eigenvalue weighted by Gasteiger charge is 2.23. The van der Waals surface area contributed by atoms with Crippen molar-refractivity contribution in [1.82, 2.24) is 5.32 Å². The fourth-order valence-electron chi connectivity index (χ4n) is 2.06. The number of anilines is 1. The van der Waals surface area contributed by atoms with Crippen molar-refractivity contribution in [3.63, 3.8) is 0 Å². The van der Waals surface area contributed by atoms with Crippen molar-refractivity contribution in [3.8, 4) is 0 Å². The number of nitrogens with one attached hydrogen (secondary N) is 2. The molecule has 0 spiro atoms. The van der Waals surface area contributed by atoms with Crippen molar-refractivity contribution in [2.75, 3.05) is 11.9 Å². The van der Waals surface area contributed by atoms with E-state index in [0.29, 0.717) is 15.7 Å². The van der Waals surface area contributed by atoms with Gasteiger partial charge in [0, 0.05) is 6.61 Å². The molecule has 19 heavy (non-hydrogen) atoms. The van der Waals surface area contributed by atoms with E-state index >= 15 is 0 Å². The number of hydrogen-bond acceptors (Lipinski definition) is 2. The Morgan fingerprint density at radius 2 is 2.26 bits per heavy atom. The van der Waals surface area contributed by atoms with Crippen LogP contribution in [0.1, 0.15) is 19.8 Å². The molecule has 1 heterocycles. The molecule has 1 aromatic carbocycles. The zero-order valence-corrected chi connectivity index (χ0v) is 12.1. The van der Waals surface area contributed by atoms with Crippen molar-refractivity contribution >= 4 is 34.9 Å². The van der Waals surface area contributed by atoms with Gasteiger partial charge in [-0.3, -0.25) is 0 Å². The summed E-state index contributed by atoms with van der Waals surface area (Å²) in [6.45, 7) is 2.69. The van der Waals surface area contributed by atoms with Crippen LogP contribution in [0.5, 0.6) is 0 Å². The van der Waals surface area contributed by atoms with Crippen molar-refractivity contribution < 1.29 is 9.53 Å². The molecule has 1 aromatic rings. The van der Waals surface area contributed by atoms with Crippen LogP contribution in [0.25, 0.3) is 0 Å². The first kappa shape index (κ1) is 14.4. The Kier molecular flexibility index (Phi) is 4.91. The number of halogens is 2. The molecule has 2 amide bonds. The SMILES string of the molecule is C[C@H](NC(=O)Nc1cccc(Cl)c1Cl)[C@@H]1CCCO1. The topological polar surface area (TPSA) is 50.4 Å². The van der Waals surface area contributed by atoms with Crippen LogP contribution in [0.2, 0.25) is 10.0 Å². The largest absolute Gasteiger partial charge is 0.376 e. The first-order chi connectivity index (χ1) is 9.08. The molecule has 0 radical (unpaired) electrons. The molecule has 0 bridgehead atoms. The van der Waals surface area contributed by atoms with Crippen molar-refractivity contribution in [3.05, 3.63) is 28.2 Å². The number of ether oxygens (including phenoxy) is 1. The highest BCUT2D eigenvalue weighted by Crippen LogP contribution is 2.29. The fourth-order valence-corrected chi connectivity index (χ4v) is 2.40. The number of carbonyl (C=O) groups is 1. The zero-order valence-electron chi connectivity index (χ0n) is 10.6. The molecule has 1 aliphatic rings. The summed E-state index contributed by atoms with van der Waals surface area (Å²) in [5.41, 5.74) is 0.492. The van der Waals surface area contributed by atoms with Gasteiger partial charge in [-0.25, -0.2) is 4.79 Å². The monoisotopic (exact) mass is 302 g/mol. The van der Waals surface area contributed by atoms with Crippen LogP contribution >= 0.6 is 23.2 Å². The van der Waals surface area contributed by atoms with Gasteiger partial charge >= 0.3 is 6.03 Å². The molecule has 2 N–H and O–H groups in total. The molecule has 1 aliphatic heterocycles. The number of amides is 2. The van der Waals surface area contributed by atoms with Crippen molar-refractivity contribution in [1.29, 1.82) is 0 Å². The van der Waals surface area contributed by atoms with Crippen LogP contribution in [0.3, 0.4) is 0 Å². The molecular formula is C13H16Cl2N2O2. The lowest BCUT2D eigenvalue weighted by Crippen LogP contribution is -2.43. The second-order valence-corrected chi connectivity index (χ2v) is 5.33. The van der Waals surface area contributed by atoms with Crippen LogP contribution in [0.15, 0.2) is 18.2 Å². The maximum Gasteiger partial charge on any atom is 0.319 e. The van der Waals surface area contributed by atoms with Gasteiger partial charge in [0.15, 0.2) is 0 Å². The summed E-state index contributed by atoms with van der Waals surface area (Å²) in [6.07, 6.45) is 2.10. The quantitative estimate of drug-likeness (QED) is 0.895. The molecule has 104 valence electrons. The standard InChI is InChI=1S/C13H16Cl2N2O2/c1-8(11-6-3-7-19-11)16-13(18)17-10-5-2-4-9(14)12(10)15/h2,4-5,8,11H,3,6-7H2,1H3,(H2,16,17,18)/t8-,11-/m0/s1. The summed E-state index contributed by atoms with van der Waals surface area (Å²) in [6, 6.07) is 4.74. The zero-order chi connectivity index (χ0) is 13.8. The smallest absolute Gasteiger partial charge is 0.319 e. The van der Waals surface area contributed by atoms with Crippen LogP contribution in [0, 0.1) is 0 Å². The van der Waals surface area contributed by atoms with E-state index in [4.69, 9.17) is 27.9 Å². The van der Waals surface area contributed by atoms with E-state index in [1.165, 1.54) is 0 Å². The minimum absolute atomic E-state index is 0.0412. The van der Waals surface area contributed by atoms with Gasteiger partial charge < -0.3 is 15.4 Å². The van der Waals surface area contributed by atoms with E-state index in [-0.39, 0.29) is 18.2 Å². The molecule has 1 saturated heterocycles. The van der Waals surface area contributed by atoms with E-state index in [0.717, 1.165) is 19.4 Å². The Balaban J connectivity index is 1.91. The number of rotatable bonds is 3. The highest BCUT2D eigenvalue weighted by molar-refractivity contribution is 6.43. The molecule has 0 saturated carbocycles. The average molecular weight is 303 g/mol. The second-order valence-electron chi connectivity index (χ2n) is 4.54. The van der Waals surface area contributed by atoms with E-state index in [9.17, 15) is 4.79 Å². The van der Waals surface area contributed by atoms with Crippen LogP contribution < -0.4 is 10.6 Å². The maximum atomic E-state index is 11.9. The van der Waals surface area contributed by atoms with Gasteiger partial charge in [0.2, 0.25) is 0 Å². The minimum atomic E-state index is -0.313. The summed E-state index contributed by atoms with van der Waals surface area (Å²) in [4.78, 5) is 11.9. The summed E-state index contributed by atoms with van der Waals surface area (Å²) in [5.74, 6) is 0. The lowest BCUT2D eigenvalue weighted by Gasteiger charge is -2.20. The van der Waals surface area contributed by atoms with Crippen molar-refractivity contribution in [2.45, 2.75) is 31.9 Å². The Morgan fingerprint density at radius 3 is 2.95 bits per heavy atom. The normalized spacial score (nSPS) is 20.1. The van der Waals surface area contributed by atoms with E-state index < -0.39 is 0 Å². The third-order valence-electron chi connectivity index (χ3n) is 3.08. The van der Waals surface area contributed by atoms with E-state index in [1.807, 2.05) is 6.92 Å². The van der Waals surface area contributed by atoms with Gasteiger partial charge in [0.05, 0.1) is 27.9 Å². The van der Waals surface area contributed by atoms with E-state index in [2.05, 4.69) is 10.6 Å². The Labute approximate surface area is 122 Å². The third kappa shape index (κ3) is 3.75. The molecule has 0 unspecified atom stereocenters. The van der Waals surface area contributed by atoms with Crippen molar-refractivity contribution in [2.24, 2.45) is 0 Å². The van der Waals surface area contributed by atoms with Gasteiger partial charge in [-0.15, -0.1) is 0 Å². The van der Waals surface area contributed by atoms with E-state index in [1.54, 1.807) is 18.2 Å². The summed E-state index contributed by atoms with van der Waals surface area (Å²) in [7, 11) is 0. The van der Waals surface area contributed by atoms with Gasteiger partial charge in [0.1, 0.15) is 0 Å². The Hall–Kier alpha value is -0.970. The van der Waals surface area contributed by atoms with Gasteiger partial charge in [-0.05, 0) is 31.9 Å². The maximum absolute atomic E-state index is 11.9. The molecule has 2 atom stereocenters. The molecule has 0 aliphatic carbocycles.